The second kappa shape index (κ2) is 7.66. The molecule has 2 heterocycles. The maximum Gasteiger partial charge on any atom is 0.256 e. The van der Waals surface area contributed by atoms with E-state index in [1.54, 1.807) is 25.1 Å². The molecule has 4 N–H and O–H groups in total. The van der Waals surface area contributed by atoms with Gasteiger partial charge in [0.05, 0.1) is 5.41 Å². The van der Waals surface area contributed by atoms with Gasteiger partial charge in [-0.25, -0.2) is 0 Å². The van der Waals surface area contributed by atoms with Crippen LogP contribution >= 0.6 is 0 Å². The number of aliphatic hydroxyl groups excluding tert-OH is 2. The summed E-state index contributed by atoms with van der Waals surface area (Å²) in [4.78, 5) is 38.1. The van der Waals surface area contributed by atoms with Gasteiger partial charge in [0.15, 0.2) is 12.2 Å². The average molecular weight is 375 g/mol. The zero-order chi connectivity index (χ0) is 19.6. The first-order valence-electron chi connectivity index (χ1n) is 9.14. The molecule has 3 amide bonds. The lowest BCUT2D eigenvalue weighted by molar-refractivity contribution is -0.154. The molecule has 27 heavy (non-hydrogen) atoms. The van der Waals surface area contributed by atoms with E-state index < -0.39 is 29.4 Å². The fourth-order valence-corrected chi connectivity index (χ4v) is 3.73. The summed E-state index contributed by atoms with van der Waals surface area (Å²) < 4.78 is 0. The third-order valence-corrected chi connectivity index (χ3v) is 5.63. The molecule has 1 aromatic rings. The predicted octanol–water partition coefficient (Wildman–Crippen LogP) is -0.216. The van der Waals surface area contributed by atoms with Crippen LogP contribution in [0, 0.1) is 12.3 Å². The van der Waals surface area contributed by atoms with Gasteiger partial charge in [0.2, 0.25) is 5.91 Å². The van der Waals surface area contributed by atoms with Gasteiger partial charge < -0.3 is 25.7 Å². The Balaban J connectivity index is 1.57. The molecular formula is C19H25N3O5. The van der Waals surface area contributed by atoms with Crippen LogP contribution in [0.2, 0.25) is 0 Å². The van der Waals surface area contributed by atoms with Crippen LogP contribution in [0.5, 0.6) is 0 Å². The number of amides is 3. The third kappa shape index (κ3) is 3.81. The minimum absolute atomic E-state index is 0.0211. The number of aryl methyl sites for hydroxylation is 1. The highest BCUT2D eigenvalue weighted by Gasteiger charge is 2.46. The molecule has 2 fully saturated rings. The van der Waals surface area contributed by atoms with Crippen LogP contribution in [0.15, 0.2) is 24.3 Å². The summed E-state index contributed by atoms with van der Waals surface area (Å²) >= 11 is 0. The predicted molar refractivity (Wildman–Crippen MR) is 97.7 cm³/mol. The van der Waals surface area contributed by atoms with Crippen molar-refractivity contribution in [1.82, 2.24) is 10.2 Å². The third-order valence-electron chi connectivity index (χ3n) is 5.63. The van der Waals surface area contributed by atoms with Crippen molar-refractivity contribution < 1.29 is 24.6 Å². The molecule has 2 aliphatic rings. The Morgan fingerprint density at radius 2 is 1.81 bits per heavy atom. The molecule has 1 aromatic carbocycles. The summed E-state index contributed by atoms with van der Waals surface area (Å²) in [6.07, 6.45) is -1.94. The van der Waals surface area contributed by atoms with Crippen molar-refractivity contribution in [3.63, 3.8) is 0 Å². The maximum absolute atomic E-state index is 12.5. The molecule has 2 saturated heterocycles. The largest absolute Gasteiger partial charge is 0.380 e. The van der Waals surface area contributed by atoms with E-state index in [2.05, 4.69) is 10.6 Å². The lowest BCUT2D eigenvalue weighted by Gasteiger charge is -2.38. The van der Waals surface area contributed by atoms with Crippen molar-refractivity contribution in [1.29, 1.82) is 0 Å². The molecule has 1 spiro atoms. The van der Waals surface area contributed by atoms with E-state index in [0.717, 1.165) is 12.0 Å². The molecule has 2 aliphatic heterocycles. The second-order valence-electron chi connectivity index (χ2n) is 7.31. The van der Waals surface area contributed by atoms with Crippen LogP contribution in [0.3, 0.4) is 0 Å². The number of hydrogen-bond acceptors (Lipinski definition) is 5. The lowest BCUT2D eigenvalue weighted by Crippen LogP contribution is -2.53. The van der Waals surface area contributed by atoms with Gasteiger partial charge in [0, 0.05) is 25.3 Å². The Labute approximate surface area is 157 Å². The van der Waals surface area contributed by atoms with E-state index in [4.69, 9.17) is 0 Å². The summed E-state index contributed by atoms with van der Waals surface area (Å²) in [5.41, 5.74) is 0.881. The molecule has 0 bridgehead atoms. The number of likely N-dealkylation sites (tertiary alicyclic amines) is 1. The number of nitrogens with one attached hydrogen (secondary N) is 2. The first kappa shape index (κ1) is 19.3. The van der Waals surface area contributed by atoms with Gasteiger partial charge in [-0.05, 0) is 37.8 Å². The number of hydrogen-bond donors (Lipinski definition) is 4. The van der Waals surface area contributed by atoms with Crippen molar-refractivity contribution >= 4 is 23.4 Å². The van der Waals surface area contributed by atoms with Crippen LogP contribution in [0.25, 0.3) is 0 Å². The number of carbonyl (C=O) groups excluding carboxylic acids is 3. The zero-order valence-corrected chi connectivity index (χ0v) is 15.3. The van der Waals surface area contributed by atoms with Crippen LogP contribution in [-0.4, -0.2) is 64.7 Å². The quantitative estimate of drug-likeness (QED) is 0.580. The van der Waals surface area contributed by atoms with Crippen LogP contribution in [0.1, 0.15) is 24.8 Å². The Bertz CT molecular complexity index is 743. The van der Waals surface area contributed by atoms with Gasteiger partial charge in [-0.2, -0.15) is 0 Å². The first-order valence-corrected chi connectivity index (χ1v) is 9.14. The summed E-state index contributed by atoms with van der Waals surface area (Å²) in [5, 5.41) is 25.6. The first-order chi connectivity index (χ1) is 12.8. The van der Waals surface area contributed by atoms with Crippen LogP contribution in [-0.2, 0) is 14.4 Å². The van der Waals surface area contributed by atoms with E-state index >= 15 is 0 Å². The Morgan fingerprint density at radius 1 is 1.15 bits per heavy atom. The summed E-state index contributed by atoms with van der Waals surface area (Å²) in [5.74, 6) is -1.52. The molecule has 8 nitrogen and oxygen atoms in total. The zero-order valence-electron chi connectivity index (χ0n) is 15.3. The SMILES string of the molecule is Cc1ccccc1NC(=O)[C@@H](O)[C@H](O)C(=O)N1CCC2(CCNC2=O)CC1. The van der Waals surface area contributed by atoms with Crippen molar-refractivity contribution in [2.75, 3.05) is 25.0 Å². The number of benzene rings is 1. The number of carbonyl (C=O) groups is 3. The van der Waals surface area contributed by atoms with E-state index in [-0.39, 0.29) is 5.91 Å². The van der Waals surface area contributed by atoms with E-state index in [1.807, 2.05) is 6.07 Å². The number of nitrogens with zero attached hydrogens (tertiary/aromatic N) is 1. The maximum atomic E-state index is 12.5. The van der Waals surface area contributed by atoms with Gasteiger partial charge in [0.25, 0.3) is 11.8 Å². The molecule has 8 heteroatoms. The number of aliphatic hydroxyl groups is 2. The number of anilines is 1. The monoisotopic (exact) mass is 375 g/mol. The topological polar surface area (TPSA) is 119 Å². The van der Waals surface area contributed by atoms with Crippen LogP contribution in [0.4, 0.5) is 5.69 Å². The fraction of sp³-hybridized carbons (Fsp3) is 0.526. The highest BCUT2D eigenvalue weighted by Crippen LogP contribution is 2.38. The minimum Gasteiger partial charge on any atom is -0.380 e. The molecule has 0 saturated carbocycles. The van der Waals surface area contributed by atoms with Crippen molar-refractivity contribution in [3.8, 4) is 0 Å². The van der Waals surface area contributed by atoms with E-state index in [1.165, 1.54) is 4.90 Å². The Morgan fingerprint density at radius 3 is 2.41 bits per heavy atom. The smallest absolute Gasteiger partial charge is 0.256 e. The molecular weight excluding hydrogens is 350 g/mol. The molecule has 146 valence electrons. The summed E-state index contributed by atoms with van der Waals surface area (Å²) in [6, 6.07) is 7.02. The van der Waals surface area contributed by atoms with E-state index in [0.29, 0.717) is 38.2 Å². The average Bonchev–Trinajstić information content (AvgIpc) is 3.02. The molecule has 0 radical (unpaired) electrons. The van der Waals surface area contributed by atoms with Gasteiger partial charge in [-0.1, -0.05) is 18.2 Å². The van der Waals surface area contributed by atoms with Crippen molar-refractivity contribution in [2.45, 2.75) is 38.4 Å². The Kier molecular flexibility index (Phi) is 5.48. The van der Waals surface area contributed by atoms with Crippen molar-refractivity contribution in [2.24, 2.45) is 5.41 Å². The van der Waals surface area contributed by atoms with Gasteiger partial charge >= 0.3 is 0 Å². The molecule has 2 atom stereocenters. The fourth-order valence-electron chi connectivity index (χ4n) is 3.73. The Hall–Kier alpha value is -2.45. The van der Waals surface area contributed by atoms with Gasteiger partial charge in [0.1, 0.15) is 0 Å². The normalized spacial score (nSPS) is 20.9. The molecule has 0 aliphatic carbocycles. The van der Waals surface area contributed by atoms with Crippen molar-refractivity contribution in [3.05, 3.63) is 29.8 Å². The number of para-hydroxylation sites is 1. The standard InChI is InChI=1S/C19H25N3O5/c1-12-4-2-3-5-13(12)21-16(25)14(23)15(24)17(26)22-10-7-19(8-11-22)6-9-20-18(19)27/h2-5,14-15,23-24H,6-11H2,1H3,(H,20,27)(H,21,25)/t14-,15-/m0/s1. The molecule has 0 unspecified atom stereocenters. The summed E-state index contributed by atoms with van der Waals surface area (Å²) in [6.45, 7) is 3.07. The highest BCUT2D eigenvalue weighted by atomic mass is 16.3. The van der Waals surface area contributed by atoms with Gasteiger partial charge in [-0.15, -0.1) is 0 Å². The summed E-state index contributed by atoms with van der Waals surface area (Å²) in [7, 11) is 0. The lowest BCUT2D eigenvalue weighted by atomic mass is 9.77. The van der Waals surface area contributed by atoms with Gasteiger partial charge in [-0.3, -0.25) is 14.4 Å². The highest BCUT2D eigenvalue weighted by molar-refractivity contribution is 5.99. The molecule has 0 aromatic heterocycles. The number of piperidine rings is 1. The van der Waals surface area contributed by atoms with E-state index in [9.17, 15) is 24.6 Å². The number of rotatable bonds is 4. The minimum atomic E-state index is -1.87. The second-order valence-corrected chi connectivity index (χ2v) is 7.31. The molecule has 3 rings (SSSR count). The van der Waals surface area contributed by atoms with Crippen LogP contribution < -0.4 is 10.6 Å².